The van der Waals surface area contributed by atoms with E-state index in [2.05, 4.69) is 21.2 Å². The van der Waals surface area contributed by atoms with Gasteiger partial charge in [0, 0.05) is 10.0 Å². The van der Waals surface area contributed by atoms with Crippen molar-refractivity contribution in [2.24, 2.45) is 0 Å². The average Bonchev–Trinajstić information content (AvgIpc) is 2.32. The lowest BCUT2D eigenvalue weighted by Crippen LogP contribution is -2.13. The second kappa shape index (κ2) is 5.45. The van der Waals surface area contributed by atoms with Gasteiger partial charge >= 0.3 is 0 Å². The maximum atomic E-state index is 12.2. The molecule has 0 radical (unpaired) electrons. The maximum absolute atomic E-state index is 12.2. The molecular weight excluding hydrogens is 306 g/mol. The third-order valence-electron chi connectivity index (χ3n) is 2.83. The standard InChI is InChI=1S/C15H14BrNO2/c1-9-3-6-14(13(16)7-9)17-15(19)12-5-4-11(18)8-10(12)2/h3-8,18H,1-2H3,(H,17,19). The second-order valence-electron chi connectivity index (χ2n) is 4.44. The first-order valence-electron chi connectivity index (χ1n) is 5.84. The molecule has 0 unspecified atom stereocenters. The molecule has 2 rings (SSSR count). The van der Waals surface area contributed by atoms with E-state index in [1.165, 1.54) is 6.07 Å². The van der Waals surface area contributed by atoms with E-state index in [9.17, 15) is 9.90 Å². The molecule has 0 aliphatic heterocycles. The Hall–Kier alpha value is -1.81. The fourth-order valence-corrected chi connectivity index (χ4v) is 2.41. The minimum absolute atomic E-state index is 0.158. The molecule has 0 saturated carbocycles. The number of carbonyl (C=O) groups is 1. The van der Waals surface area contributed by atoms with Crippen molar-refractivity contribution in [1.82, 2.24) is 0 Å². The molecule has 3 nitrogen and oxygen atoms in total. The van der Waals surface area contributed by atoms with Crippen molar-refractivity contribution in [3.05, 3.63) is 57.6 Å². The lowest BCUT2D eigenvalue weighted by atomic mass is 10.1. The summed E-state index contributed by atoms with van der Waals surface area (Å²) in [6.45, 7) is 3.78. The molecule has 0 atom stereocenters. The summed E-state index contributed by atoms with van der Waals surface area (Å²) in [6, 6.07) is 10.4. The summed E-state index contributed by atoms with van der Waals surface area (Å²) >= 11 is 3.42. The number of nitrogens with one attached hydrogen (secondary N) is 1. The molecule has 0 aromatic heterocycles. The van der Waals surface area contributed by atoms with Crippen molar-refractivity contribution in [2.75, 3.05) is 5.32 Å². The van der Waals surface area contributed by atoms with Crippen LogP contribution < -0.4 is 5.32 Å². The van der Waals surface area contributed by atoms with Crippen LogP contribution in [0.5, 0.6) is 5.75 Å². The van der Waals surface area contributed by atoms with Gasteiger partial charge in [0.15, 0.2) is 0 Å². The van der Waals surface area contributed by atoms with Gasteiger partial charge in [-0.15, -0.1) is 0 Å². The van der Waals surface area contributed by atoms with Gasteiger partial charge in [0.25, 0.3) is 5.91 Å². The van der Waals surface area contributed by atoms with Gasteiger partial charge in [-0.05, 0) is 71.2 Å². The van der Waals surface area contributed by atoms with Crippen LogP contribution in [0.4, 0.5) is 5.69 Å². The molecule has 4 heteroatoms. The zero-order valence-electron chi connectivity index (χ0n) is 10.7. The second-order valence-corrected chi connectivity index (χ2v) is 5.29. The number of hydrogen-bond donors (Lipinski definition) is 2. The number of rotatable bonds is 2. The van der Waals surface area contributed by atoms with Crippen molar-refractivity contribution in [1.29, 1.82) is 0 Å². The van der Waals surface area contributed by atoms with E-state index < -0.39 is 0 Å². The molecule has 0 saturated heterocycles. The lowest BCUT2D eigenvalue weighted by molar-refractivity contribution is 0.102. The summed E-state index contributed by atoms with van der Waals surface area (Å²) in [5, 5.41) is 12.2. The molecular formula is C15H14BrNO2. The van der Waals surface area contributed by atoms with E-state index in [0.29, 0.717) is 5.56 Å². The molecule has 2 aromatic carbocycles. The van der Waals surface area contributed by atoms with Crippen molar-refractivity contribution in [3.8, 4) is 5.75 Å². The van der Waals surface area contributed by atoms with Crippen LogP contribution in [0.3, 0.4) is 0 Å². The van der Waals surface area contributed by atoms with Crippen molar-refractivity contribution < 1.29 is 9.90 Å². The van der Waals surface area contributed by atoms with Crippen LogP contribution in [-0.4, -0.2) is 11.0 Å². The summed E-state index contributed by atoms with van der Waals surface area (Å²) in [7, 11) is 0. The van der Waals surface area contributed by atoms with Gasteiger partial charge in [-0.2, -0.15) is 0 Å². The highest BCUT2D eigenvalue weighted by Crippen LogP contribution is 2.24. The zero-order valence-corrected chi connectivity index (χ0v) is 12.3. The predicted octanol–water partition coefficient (Wildman–Crippen LogP) is 4.02. The van der Waals surface area contributed by atoms with Crippen LogP contribution in [0.1, 0.15) is 21.5 Å². The predicted molar refractivity (Wildman–Crippen MR) is 79.7 cm³/mol. The van der Waals surface area contributed by atoms with E-state index in [1.807, 2.05) is 25.1 Å². The third-order valence-corrected chi connectivity index (χ3v) is 3.48. The number of carbonyl (C=O) groups excluding carboxylic acids is 1. The Kier molecular flexibility index (Phi) is 3.90. The number of benzene rings is 2. The summed E-state index contributed by atoms with van der Waals surface area (Å²) < 4.78 is 0.845. The molecule has 98 valence electrons. The van der Waals surface area contributed by atoms with E-state index >= 15 is 0 Å². The Morgan fingerprint density at radius 3 is 2.53 bits per heavy atom. The van der Waals surface area contributed by atoms with Crippen LogP contribution in [0.2, 0.25) is 0 Å². The number of halogens is 1. The number of phenols is 1. The first-order valence-corrected chi connectivity index (χ1v) is 6.64. The Labute approximate surface area is 120 Å². The number of aromatic hydroxyl groups is 1. The quantitative estimate of drug-likeness (QED) is 0.878. The van der Waals surface area contributed by atoms with Gasteiger partial charge in [-0.1, -0.05) is 6.07 Å². The van der Waals surface area contributed by atoms with Gasteiger partial charge in [0.05, 0.1) is 5.69 Å². The first-order chi connectivity index (χ1) is 8.97. The van der Waals surface area contributed by atoms with Crippen LogP contribution in [-0.2, 0) is 0 Å². The normalized spacial score (nSPS) is 10.3. The molecule has 2 N–H and O–H groups in total. The van der Waals surface area contributed by atoms with Gasteiger partial charge < -0.3 is 10.4 Å². The Balaban J connectivity index is 2.25. The van der Waals surface area contributed by atoms with Gasteiger partial charge in [0.1, 0.15) is 5.75 Å². The summed E-state index contributed by atoms with van der Waals surface area (Å²) in [5.41, 5.74) is 3.12. The van der Waals surface area contributed by atoms with E-state index in [0.717, 1.165) is 21.3 Å². The van der Waals surface area contributed by atoms with Crippen molar-refractivity contribution in [2.45, 2.75) is 13.8 Å². The molecule has 0 fully saturated rings. The van der Waals surface area contributed by atoms with Crippen LogP contribution in [0.15, 0.2) is 40.9 Å². The number of phenolic OH excluding ortho intramolecular Hbond substituents is 1. The average molecular weight is 320 g/mol. The molecule has 0 aliphatic carbocycles. The largest absolute Gasteiger partial charge is 0.508 e. The third kappa shape index (κ3) is 3.15. The summed E-state index contributed by atoms with van der Waals surface area (Å²) in [5.74, 6) is -0.0346. The highest BCUT2D eigenvalue weighted by atomic mass is 79.9. The molecule has 19 heavy (non-hydrogen) atoms. The van der Waals surface area contributed by atoms with Crippen molar-refractivity contribution >= 4 is 27.5 Å². The van der Waals surface area contributed by atoms with Gasteiger partial charge in [-0.25, -0.2) is 0 Å². The first kappa shape index (κ1) is 13.6. The number of amides is 1. The Morgan fingerprint density at radius 2 is 1.89 bits per heavy atom. The van der Waals surface area contributed by atoms with E-state index in [-0.39, 0.29) is 11.7 Å². The Morgan fingerprint density at radius 1 is 1.16 bits per heavy atom. The minimum Gasteiger partial charge on any atom is -0.508 e. The van der Waals surface area contributed by atoms with Gasteiger partial charge in [-0.3, -0.25) is 4.79 Å². The van der Waals surface area contributed by atoms with E-state index in [1.54, 1.807) is 19.1 Å². The summed E-state index contributed by atoms with van der Waals surface area (Å²) in [6.07, 6.45) is 0. The highest BCUT2D eigenvalue weighted by Gasteiger charge is 2.11. The monoisotopic (exact) mass is 319 g/mol. The molecule has 0 heterocycles. The van der Waals surface area contributed by atoms with Crippen molar-refractivity contribution in [3.63, 3.8) is 0 Å². The molecule has 0 spiro atoms. The number of anilines is 1. The van der Waals surface area contributed by atoms with E-state index in [4.69, 9.17) is 0 Å². The fourth-order valence-electron chi connectivity index (χ4n) is 1.81. The Bertz CT molecular complexity index is 638. The molecule has 0 aliphatic rings. The molecule has 0 bridgehead atoms. The van der Waals surface area contributed by atoms with Crippen LogP contribution >= 0.6 is 15.9 Å². The topological polar surface area (TPSA) is 49.3 Å². The summed E-state index contributed by atoms with van der Waals surface area (Å²) in [4.78, 5) is 12.2. The van der Waals surface area contributed by atoms with Crippen LogP contribution in [0, 0.1) is 13.8 Å². The highest BCUT2D eigenvalue weighted by molar-refractivity contribution is 9.10. The lowest BCUT2D eigenvalue weighted by Gasteiger charge is -2.10. The molecule has 2 aromatic rings. The SMILES string of the molecule is Cc1ccc(NC(=O)c2ccc(O)cc2C)c(Br)c1. The number of aryl methyl sites for hydroxylation is 2. The number of hydrogen-bond acceptors (Lipinski definition) is 2. The minimum atomic E-state index is -0.193. The maximum Gasteiger partial charge on any atom is 0.255 e. The fraction of sp³-hybridized carbons (Fsp3) is 0.133. The molecule has 1 amide bonds. The van der Waals surface area contributed by atoms with Gasteiger partial charge in [0.2, 0.25) is 0 Å². The zero-order chi connectivity index (χ0) is 14.0. The van der Waals surface area contributed by atoms with Crippen LogP contribution in [0.25, 0.3) is 0 Å². The smallest absolute Gasteiger partial charge is 0.255 e.